The van der Waals surface area contributed by atoms with E-state index in [0.717, 1.165) is 17.0 Å². The highest BCUT2D eigenvalue weighted by molar-refractivity contribution is 7.99. The Morgan fingerprint density at radius 1 is 0.861 bits per heavy atom. The minimum atomic E-state index is -0.275. The van der Waals surface area contributed by atoms with Gasteiger partial charge in [0.2, 0.25) is 5.91 Å². The number of thioether (sulfide) groups is 1. The molecule has 0 aliphatic rings. The second-order valence-electron chi connectivity index (χ2n) is 7.95. The van der Waals surface area contributed by atoms with Gasteiger partial charge in [0.15, 0.2) is 5.16 Å². The first-order valence-corrected chi connectivity index (χ1v) is 12.2. The number of ether oxygens (including phenoxy) is 1. The maximum absolute atomic E-state index is 12.4. The van der Waals surface area contributed by atoms with Gasteiger partial charge >= 0.3 is 0 Å². The highest BCUT2D eigenvalue weighted by Crippen LogP contribution is 2.19. The molecule has 4 aromatic rings. The van der Waals surface area contributed by atoms with E-state index in [2.05, 4.69) is 25.6 Å². The molecule has 36 heavy (non-hydrogen) atoms. The molecular weight excluding hydrogens is 474 g/mol. The lowest BCUT2D eigenvalue weighted by molar-refractivity contribution is -0.113. The number of hydrogen-bond donors (Lipinski definition) is 2. The van der Waals surface area contributed by atoms with Gasteiger partial charge < -0.3 is 15.4 Å². The molecule has 8 nitrogen and oxygen atoms in total. The van der Waals surface area contributed by atoms with Crippen molar-refractivity contribution in [2.45, 2.75) is 25.6 Å². The summed E-state index contributed by atoms with van der Waals surface area (Å²) < 4.78 is 5.87. The SMILES string of the molecule is Cc1cc(C)nc(SCC(=O)Nc2cccc(COc3ccc(NC(=O)c4ccccn4)cc3)c2)n1. The Labute approximate surface area is 213 Å². The zero-order valence-electron chi connectivity index (χ0n) is 19.9. The maximum atomic E-state index is 12.4. The monoisotopic (exact) mass is 499 g/mol. The fourth-order valence-corrected chi connectivity index (χ4v) is 4.07. The summed E-state index contributed by atoms with van der Waals surface area (Å²) in [6.45, 7) is 4.14. The first-order chi connectivity index (χ1) is 17.4. The number of hydrogen-bond acceptors (Lipinski definition) is 7. The molecule has 2 aromatic carbocycles. The van der Waals surface area contributed by atoms with Crippen molar-refractivity contribution in [3.63, 3.8) is 0 Å². The van der Waals surface area contributed by atoms with Crippen molar-refractivity contribution >= 4 is 35.0 Å². The van der Waals surface area contributed by atoms with Crippen LogP contribution in [0.4, 0.5) is 11.4 Å². The van der Waals surface area contributed by atoms with Crippen molar-refractivity contribution in [2.24, 2.45) is 0 Å². The Bertz CT molecular complexity index is 1330. The highest BCUT2D eigenvalue weighted by Gasteiger charge is 2.09. The van der Waals surface area contributed by atoms with Gasteiger partial charge in [-0.15, -0.1) is 0 Å². The summed E-state index contributed by atoms with van der Waals surface area (Å²) in [6.07, 6.45) is 1.58. The zero-order chi connectivity index (χ0) is 25.3. The minimum Gasteiger partial charge on any atom is -0.489 e. The molecule has 2 aromatic heterocycles. The van der Waals surface area contributed by atoms with E-state index < -0.39 is 0 Å². The number of pyridine rings is 1. The molecule has 0 saturated carbocycles. The van der Waals surface area contributed by atoms with Crippen molar-refractivity contribution in [3.05, 3.63) is 102 Å². The lowest BCUT2D eigenvalue weighted by Crippen LogP contribution is -2.14. The summed E-state index contributed by atoms with van der Waals surface area (Å²) in [5, 5.41) is 6.30. The molecule has 0 fully saturated rings. The number of nitrogens with zero attached hydrogens (tertiary/aromatic N) is 3. The number of carbonyl (C=O) groups excluding carboxylic acids is 2. The molecular formula is C27H25N5O3S. The van der Waals surface area contributed by atoms with Gasteiger partial charge in [-0.2, -0.15) is 0 Å². The molecule has 4 rings (SSSR count). The molecule has 0 atom stereocenters. The van der Waals surface area contributed by atoms with E-state index >= 15 is 0 Å². The average Bonchev–Trinajstić information content (AvgIpc) is 2.87. The van der Waals surface area contributed by atoms with Crippen LogP contribution in [0.15, 0.2) is 84.1 Å². The molecule has 0 radical (unpaired) electrons. The number of amides is 2. The molecule has 9 heteroatoms. The maximum Gasteiger partial charge on any atom is 0.274 e. The van der Waals surface area contributed by atoms with Crippen molar-refractivity contribution < 1.29 is 14.3 Å². The van der Waals surface area contributed by atoms with Crippen LogP contribution in [0.25, 0.3) is 0 Å². The number of benzene rings is 2. The van der Waals surface area contributed by atoms with Crippen LogP contribution in [0.3, 0.4) is 0 Å². The van der Waals surface area contributed by atoms with Gasteiger partial charge in [0.05, 0.1) is 5.75 Å². The van der Waals surface area contributed by atoms with E-state index in [4.69, 9.17) is 4.74 Å². The van der Waals surface area contributed by atoms with Crippen molar-refractivity contribution in [1.29, 1.82) is 0 Å². The van der Waals surface area contributed by atoms with Crippen LogP contribution in [-0.2, 0) is 11.4 Å². The Morgan fingerprint density at radius 2 is 1.64 bits per heavy atom. The summed E-state index contributed by atoms with van der Waals surface area (Å²) in [5.41, 5.74) is 4.35. The van der Waals surface area contributed by atoms with Crippen LogP contribution in [0.5, 0.6) is 5.75 Å². The number of nitrogens with one attached hydrogen (secondary N) is 2. The van der Waals surface area contributed by atoms with Gasteiger partial charge in [0, 0.05) is 29.0 Å². The van der Waals surface area contributed by atoms with Gasteiger partial charge in [-0.3, -0.25) is 14.6 Å². The molecule has 0 aliphatic carbocycles. The summed E-state index contributed by atoms with van der Waals surface area (Å²) in [7, 11) is 0. The summed E-state index contributed by atoms with van der Waals surface area (Å²) >= 11 is 1.30. The second kappa shape index (κ2) is 11.9. The number of anilines is 2. The van der Waals surface area contributed by atoms with Crippen LogP contribution < -0.4 is 15.4 Å². The third-order valence-electron chi connectivity index (χ3n) is 4.92. The van der Waals surface area contributed by atoms with Crippen LogP contribution in [0.1, 0.15) is 27.4 Å². The molecule has 0 spiro atoms. The Balaban J connectivity index is 1.26. The van der Waals surface area contributed by atoms with E-state index in [0.29, 0.717) is 34.6 Å². The number of carbonyl (C=O) groups is 2. The first-order valence-electron chi connectivity index (χ1n) is 11.2. The third-order valence-corrected chi connectivity index (χ3v) is 5.77. The van der Waals surface area contributed by atoms with Gasteiger partial charge in [0.25, 0.3) is 5.91 Å². The summed E-state index contributed by atoms with van der Waals surface area (Å²) in [5.74, 6) is 0.463. The lowest BCUT2D eigenvalue weighted by atomic mass is 10.2. The Morgan fingerprint density at radius 3 is 2.36 bits per heavy atom. The third kappa shape index (κ3) is 7.38. The fraction of sp³-hybridized carbons (Fsp3) is 0.148. The van der Waals surface area contributed by atoms with Crippen molar-refractivity contribution in [1.82, 2.24) is 15.0 Å². The standard InChI is InChI=1S/C27H25N5O3S/c1-18-14-19(2)30-27(29-18)36-17-25(33)31-22-7-5-6-20(15-22)16-35-23-11-9-21(10-12-23)32-26(34)24-8-3-4-13-28-24/h3-15H,16-17H2,1-2H3,(H,31,33)(H,32,34). The van der Waals surface area contributed by atoms with Gasteiger partial charge in [-0.1, -0.05) is 30.0 Å². The largest absolute Gasteiger partial charge is 0.489 e. The smallest absolute Gasteiger partial charge is 0.274 e. The van der Waals surface area contributed by atoms with E-state index in [-0.39, 0.29) is 17.6 Å². The average molecular weight is 500 g/mol. The number of aryl methyl sites for hydroxylation is 2. The first kappa shape index (κ1) is 24.9. The zero-order valence-corrected chi connectivity index (χ0v) is 20.7. The molecule has 0 saturated heterocycles. The van der Waals surface area contributed by atoms with Crippen molar-refractivity contribution in [3.8, 4) is 5.75 Å². The molecule has 182 valence electrons. The number of aromatic nitrogens is 3. The molecule has 0 unspecified atom stereocenters. The lowest BCUT2D eigenvalue weighted by Gasteiger charge is -2.10. The second-order valence-corrected chi connectivity index (χ2v) is 8.90. The van der Waals surface area contributed by atoms with E-state index in [1.54, 1.807) is 48.7 Å². The van der Waals surface area contributed by atoms with Crippen LogP contribution in [-0.4, -0.2) is 32.5 Å². The minimum absolute atomic E-state index is 0.135. The van der Waals surface area contributed by atoms with E-state index in [1.807, 2.05) is 44.2 Å². The van der Waals surface area contributed by atoms with Gasteiger partial charge in [-0.25, -0.2) is 9.97 Å². The molecule has 2 amide bonds. The molecule has 2 N–H and O–H groups in total. The Hall–Kier alpha value is -4.24. The van der Waals surface area contributed by atoms with Crippen LogP contribution in [0.2, 0.25) is 0 Å². The highest BCUT2D eigenvalue weighted by atomic mass is 32.2. The molecule has 0 aliphatic heterocycles. The van der Waals surface area contributed by atoms with Crippen LogP contribution >= 0.6 is 11.8 Å². The van der Waals surface area contributed by atoms with Crippen molar-refractivity contribution in [2.75, 3.05) is 16.4 Å². The Kier molecular flexibility index (Phi) is 8.25. The molecule has 2 heterocycles. The van der Waals surface area contributed by atoms with Crippen LogP contribution in [0, 0.1) is 13.8 Å². The van der Waals surface area contributed by atoms with Gasteiger partial charge in [0.1, 0.15) is 18.1 Å². The number of rotatable bonds is 9. The van der Waals surface area contributed by atoms with Gasteiger partial charge in [-0.05, 0) is 74.0 Å². The molecule has 0 bridgehead atoms. The predicted octanol–water partition coefficient (Wildman–Crippen LogP) is 5.05. The quantitative estimate of drug-likeness (QED) is 0.245. The fourth-order valence-electron chi connectivity index (χ4n) is 3.32. The normalized spacial score (nSPS) is 10.5. The van der Waals surface area contributed by atoms with E-state index in [9.17, 15) is 9.59 Å². The topological polar surface area (TPSA) is 106 Å². The summed E-state index contributed by atoms with van der Waals surface area (Å²) in [4.78, 5) is 37.3. The summed E-state index contributed by atoms with van der Waals surface area (Å²) in [6, 6.07) is 21.7. The predicted molar refractivity (Wildman–Crippen MR) is 140 cm³/mol. The van der Waals surface area contributed by atoms with E-state index in [1.165, 1.54) is 11.8 Å².